The molecule has 1 aromatic carbocycles. The fourth-order valence-electron chi connectivity index (χ4n) is 1.29. The molecule has 1 atom stereocenters. The minimum atomic E-state index is -0.327. The van der Waals surface area contributed by atoms with E-state index in [9.17, 15) is 4.39 Å². The van der Waals surface area contributed by atoms with Gasteiger partial charge in [0.15, 0.2) is 0 Å². The third-order valence-corrected chi connectivity index (χ3v) is 2.74. The molecule has 1 nitrogen and oxygen atoms in total. The second kappa shape index (κ2) is 8.00. The zero-order valence-corrected chi connectivity index (χ0v) is 11.6. The molecule has 0 amide bonds. The predicted octanol–water partition coefficient (Wildman–Crippen LogP) is 4.23. The molecule has 0 bridgehead atoms. The highest BCUT2D eigenvalue weighted by molar-refractivity contribution is 6.18. The highest BCUT2D eigenvalue weighted by Crippen LogP contribution is 2.17. The van der Waals surface area contributed by atoms with Crippen molar-refractivity contribution < 1.29 is 9.13 Å². The summed E-state index contributed by atoms with van der Waals surface area (Å²) in [7, 11) is 0. The summed E-state index contributed by atoms with van der Waals surface area (Å²) in [6, 6.07) is 4.54. The van der Waals surface area contributed by atoms with Crippen LogP contribution in [-0.2, 0) is 0 Å². The van der Waals surface area contributed by atoms with Gasteiger partial charge in [-0.2, -0.15) is 0 Å². The van der Waals surface area contributed by atoms with Gasteiger partial charge >= 0.3 is 0 Å². The SMILES string of the molecule is CCC(C)COc1cc(F)cc(C#CCCCl)c1. The molecule has 0 aliphatic carbocycles. The first kappa shape index (κ1) is 14.9. The van der Waals surface area contributed by atoms with Crippen molar-refractivity contribution in [1.82, 2.24) is 0 Å². The maximum atomic E-state index is 13.4. The van der Waals surface area contributed by atoms with Crippen LogP contribution >= 0.6 is 11.6 Å². The van der Waals surface area contributed by atoms with Crippen LogP contribution in [0.3, 0.4) is 0 Å². The van der Waals surface area contributed by atoms with Crippen molar-refractivity contribution in [3.8, 4) is 17.6 Å². The van der Waals surface area contributed by atoms with Crippen LogP contribution in [-0.4, -0.2) is 12.5 Å². The molecular formula is C15H18ClFO. The smallest absolute Gasteiger partial charge is 0.128 e. The standard InChI is InChI=1S/C15H18ClFO/c1-3-12(2)11-18-15-9-13(6-4-5-7-16)8-14(17)10-15/h8-10,12H,3,5,7,11H2,1-2H3. The Balaban J connectivity index is 2.72. The lowest BCUT2D eigenvalue weighted by atomic mass is 10.1. The van der Waals surface area contributed by atoms with E-state index in [0.29, 0.717) is 36.1 Å². The van der Waals surface area contributed by atoms with E-state index in [2.05, 4.69) is 25.7 Å². The van der Waals surface area contributed by atoms with E-state index < -0.39 is 0 Å². The minimum absolute atomic E-state index is 0.327. The van der Waals surface area contributed by atoms with Gasteiger partial charge in [-0.05, 0) is 18.1 Å². The molecule has 0 fully saturated rings. The molecule has 0 heterocycles. The van der Waals surface area contributed by atoms with Crippen LogP contribution in [0.5, 0.6) is 5.75 Å². The minimum Gasteiger partial charge on any atom is -0.493 e. The van der Waals surface area contributed by atoms with Gasteiger partial charge in [0.05, 0.1) is 6.61 Å². The maximum absolute atomic E-state index is 13.4. The van der Waals surface area contributed by atoms with E-state index in [1.54, 1.807) is 6.07 Å². The molecule has 0 spiro atoms. The molecular weight excluding hydrogens is 251 g/mol. The maximum Gasteiger partial charge on any atom is 0.128 e. The van der Waals surface area contributed by atoms with Crippen LogP contribution < -0.4 is 4.74 Å². The monoisotopic (exact) mass is 268 g/mol. The Kier molecular flexibility index (Phi) is 6.60. The molecule has 0 aliphatic heterocycles. The lowest BCUT2D eigenvalue weighted by molar-refractivity contribution is 0.255. The van der Waals surface area contributed by atoms with Gasteiger partial charge in [0, 0.05) is 23.9 Å². The Labute approximate surface area is 113 Å². The normalized spacial score (nSPS) is 11.6. The fourth-order valence-corrected chi connectivity index (χ4v) is 1.38. The summed E-state index contributed by atoms with van der Waals surface area (Å²) in [4.78, 5) is 0. The van der Waals surface area contributed by atoms with E-state index in [4.69, 9.17) is 16.3 Å². The van der Waals surface area contributed by atoms with E-state index in [-0.39, 0.29) is 5.82 Å². The number of halogens is 2. The van der Waals surface area contributed by atoms with Gasteiger partial charge in [-0.3, -0.25) is 0 Å². The molecule has 0 saturated heterocycles. The number of hydrogen-bond acceptors (Lipinski definition) is 1. The molecule has 0 saturated carbocycles. The van der Waals surface area contributed by atoms with Crippen molar-refractivity contribution in [2.24, 2.45) is 5.92 Å². The first-order chi connectivity index (χ1) is 8.65. The van der Waals surface area contributed by atoms with E-state index >= 15 is 0 Å². The molecule has 0 N–H and O–H groups in total. The number of ether oxygens (including phenoxy) is 1. The third-order valence-electron chi connectivity index (χ3n) is 2.55. The highest BCUT2D eigenvalue weighted by Gasteiger charge is 2.03. The van der Waals surface area contributed by atoms with Gasteiger partial charge in [-0.15, -0.1) is 11.6 Å². The molecule has 0 aliphatic rings. The zero-order chi connectivity index (χ0) is 13.4. The van der Waals surface area contributed by atoms with Crippen LogP contribution in [0.25, 0.3) is 0 Å². The summed E-state index contributed by atoms with van der Waals surface area (Å²) in [6.07, 6.45) is 1.64. The van der Waals surface area contributed by atoms with Crippen molar-refractivity contribution in [3.05, 3.63) is 29.6 Å². The van der Waals surface area contributed by atoms with Crippen molar-refractivity contribution in [2.75, 3.05) is 12.5 Å². The van der Waals surface area contributed by atoms with Gasteiger partial charge < -0.3 is 4.74 Å². The summed E-state index contributed by atoms with van der Waals surface area (Å²) in [5.74, 6) is 6.90. The van der Waals surface area contributed by atoms with Crippen molar-refractivity contribution in [2.45, 2.75) is 26.7 Å². The molecule has 0 radical (unpaired) electrons. The Bertz CT molecular complexity index is 434. The number of rotatable bonds is 5. The number of benzene rings is 1. The second-order valence-corrected chi connectivity index (χ2v) is 4.62. The average molecular weight is 269 g/mol. The number of alkyl halides is 1. The van der Waals surface area contributed by atoms with E-state index in [1.165, 1.54) is 12.1 Å². The molecule has 98 valence electrons. The quantitative estimate of drug-likeness (QED) is 0.574. The second-order valence-electron chi connectivity index (χ2n) is 4.24. The van der Waals surface area contributed by atoms with Crippen LogP contribution in [0.15, 0.2) is 18.2 Å². The molecule has 0 aromatic heterocycles. The van der Waals surface area contributed by atoms with Gasteiger partial charge in [0.25, 0.3) is 0 Å². The Hall–Kier alpha value is -1.20. The van der Waals surface area contributed by atoms with Gasteiger partial charge in [-0.1, -0.05) is 32.1 Å². The molecule has 1 unspecified atom stereocenters. The predicted molar refractivity (Wildman–Crippen MR) is 73.6 cm³/mol. The van der Waals surface area contributed by atoms with Gasteiger partial charge in [0.2, 0.25) is 0 Å². The molecule has 3 heteroatoms. The summed E-state index contributed by atoms with van der Waals surface area (Å²) < 4.78 is 18.9. The van der Waals surface area contributed by atoms with Crippen molar-refractivity contribution >= 4 is 11.6 Å². The Morgan fingerprint density at radius 1 is 1.39 bits per heavy atom. The van der Waals surface area contributed by atoms with Crippen LogP contribution in [0.1, 0.15) is 32.3 Å². The Morgan fingerprint density at radius 2 is 2.17 bits per heavy atom. The molecule has 1 rings (SSSR count). The van der Waals surface area contributed by atoms with Crippen LogP contribution in [0.2, 0.25) is 0 Å². The lowest BCUT2D eigenvalue weighted by Crippen LogP contribution is -2.07. The zero-order valence-electron chi connectivity index (χ0n) is 10.8. The third kappa shape index (κ3) is 5.42. The highest BCUT2D eigenvalue weighted by atomic mass is 35.5. The van der Waals surface area contributed by atoms with Gasteiger partial charge in [0.1, 0.15) is 11.6 Å². The van der Waals surface area contributed by atoms with Crippen LogP contribution in [0, 0.1) is 23.6 Å². The summed E-state index contributed by atoms with van der Waals surface area (Å²) in [6.45, 7) is 4.79. The van der Waals surface area contributed by atoms with E-state index in [1.807, 2.05) is 0 Å². The topological polar surface area (TPSA) is 9.23 Å². The van der Waals surface area contributed by atoms with E-state index in [0.717, 1.165) is 6.42 Å². The van der Waals surface area contributed by atoms with Crippen LogP contribution in [0.4, 0.5) is 4.39 Å². The summed E-state index contributed by atoms with van der Waals surface area (Å²) in [5.41, 5.74) is 0.624. The summed E-state index contributed by atoms with van der Waals surface area (Å²) >= 11 is 5.53. The van der Waals surface area contributed by atoms with Crippen molar-refractivity contribution in [1.29, 1.82) is 0 Å². The fraction of sp³-hybridized carbons (Fsp3) is 0.467. The first-order valence-corrected chi connectivity index (χ1v) is 6.67. The first-order valence-electron chi connectivity index (χ1n) is 6.14. The lowest BCUT2D eigenvalue weighted by Gasteiger charge is -2.11. The van der Waals surface area contributed by atoms with Gasteiger partial charge in [-0.25, -0.2) is 4.39 Å². The Morgan fingerprint density at radius 3 is 2.83 bits per heavy atom. The summed E-state index contributed by atoms with van der Waals surface area (Å²) in [5, 5.41) is 0. The van der Waals surface area contributed by atoms with Crippen molar-refractivity contribution in [3.63, 3.8) is 0 Å². The average Bonchev–Trinajstić information content (AvgIpc) is 2.35. The molecule has 18 heavy (non-hydrogen) atoms. The molecule has 1 aromatic rings. The largest absolute Gasteiger partial charge is 0.493 e. The number of hydrogen-bond donors (Lipinski definition) is 0.